The minimum absolute atomic E-state index is 0. The smallest absolute Gasteiger partial charge is 0.164 e. The van der Waals surface area contributed by atoms with Crippen LogP contribution in [-0.4, -0.2) is 33.9 Å². The normalized spacial score (nSPS) is 14.1. The van der Waals surface area contributed by atoms with Crippen LogP contribution in [0.1, 0.15) is 6.42 Å². The second kappa shape index (κ2) is 7.92. The van der Waals surface area contributed by atoms with Gasteiger partial charge in [-0.3, -0.25) is 0 Å². The molecule has 4 nitrogen and oxygen atoms in total. The lowest BCUT2D eigenvalue weighted by Gasteiger charge is -2.15. The van der Waals surface area contributed by atoms with E-state index in [4.69, 9.17) is 14.2 Å². The van der Waals surface area contributed by atoms with E-state index < -0.39 is 0 Å². The van der Waals surface area contributed by atoms with Gasteiger partial charge < -0.3 is 19.5 Å². The number of benzene rings is 1. The van der Waals surface area contributed by atoms with Crippen LogP contribution in [0.5, 0.6) is 17.2 Å². The standard InChI is InChI=1S/C14H19NO3.ClH/c1-16-13-6-5-12(8-14(13)17-2)18-10-11-4-3-7-15-9-11;/h4-6,8,15H,3,7,9-10H2,1-2H3;1H. The Bertz CT molecular complexity index is 435. The lowest BCUT2D eigenvalue weighted by Crippen LogP contribution is -2.24. The zero-order valence-electron chi connectivity index (χ0n) is 11.3. The molecule has 2 rings (SSSR count). The molecule has 1 aromatic carbocycles. The monoisotopic (exact) mass is 285 g/mol. The van der Waals surface area contributed by atoms with Crippen molar-refractivity contribution in [3.63, 3.8) is 0 Å². The number of rotatable bonds is 5. The molecule has 1 aliphatic heterocycles. The first-order valence-corrected chi connectivity index (χ1v) is 6.07. The lowest BCUT2D eigenvalue weighted by molar-refractivity contribution is 0.331. The highest BCUT2D eigenvalue weighted by Crippen LogP contribution is 2.30. The van der Waals surface area contributed by atoms with Crippen molar-refractivity contribution in [3.05, 3.63) is 29.8 Å². The minimum atomic E-state index is 0. The summed E-state index contributed by atoms with van der Waals surface area (Å²) in [6.07, 6.45) is 3.31. The molecule has 0 fully saturated rings. The Morgan fingerprint density at radius 1 is 1.16 bits per heavy atom. The zero-order chi connectivity index (χ0) is 12.8. The van der Waals surface area contributed by atoms with Gasteiger partial charge in [0.25, 0.3) is 0 Å². The van der Waals surface area contributed by atoms with Gasteiger partial charge in [-0.2, -0.15) is 0 Å². The van der Waals surface area contributed by atoms with E-state index in [1.807, 2.05) is 18.2 Å². The molecule has 106 valence electrons. The van der Waals surface area contributed by atoms with Crippen LogP contribution >= 0.6 is 12.4 Å². The van der Waals surface area contributed by atoms with E-state index in [0.29, 0.717) is 18.1 Å². The van der Waals surface area contributed by atoms with E-state index in [2.05, 4.69) is 11.4 Å². The highest BCUT2D eigenvalue weighted by molar-refractivity contribution is 5.85. The number of nitrogens with one attached hydrogen (secondary N) is 1. The Morgan fingerprint density at radius 3 is 2.58 bits per heavy atom. The predicted octanol–water partition coefficient (Wildman–Crippen LogP) is 2.42. The zero-order valence-corrected chi connectivity index (χ0v) is 12.1. The van der Waals surface area contributed by atoms with Gasteiger partial charge in [0, 0.05) is 12.6 Å². The largest absolute Gasteiger partial charge is 0.493 e. The first-order chi connectivity index (χ1) is 8.83. The molecule has 0 radical (unpaired) electrons. The SMILES string of the molecule is COc1ccc(OCC2=CCCNC2)cc1OC.Cl. The third-order valence-corrected chi connectivity index (χ3v) is 2.89. The first-order valence-electron chi connectivity index (χ1n) is 6.07. The average molecular weight is 286 g/mol. The van der Waals surface area contributed by atoms with Crippen molar-refractivity contribution in [3.8, 4) is 17.2 Å². The summed E-state index contributed by atoms with van der Waals surface area (Å²) in [6.45, 7) is 2.58. The van der Waals surface area contributed by atoms with Gasteiger partial charge in [-0.1, -0.05) is 6.08 Å². The van der Waals surface area contributed by atoms with Crippen molar-refractivity contribution in [2.24, 2.45) is 0 Å². The van der Waals surface area contributed by atoms with Gasteiger partial charge in [-0.25, -0.2) is 0 Å². The summed E-state index contributed by atoms with van der Waals surface area (Å²) >= 11 is 0. The molecule has 0 spiro atoms. The topological polar surface area (TPSA) is 39.7 Å². The summed E-state index contributed by atoms with van der Waals surface area (Å²) in [6, 6.07) is 5.58. The number of hydrogen-bond acceptors (Lipinski definition) is 4. The minimum Gasteiger partial charge on any atom is -0.493 e. The van der Waals surface area contributed by atoms with Crippen LogP contribution in [0.2, 0.25) is 0 Å². The molecule has 0 aromatic heterocycles. The Morgan fingerprint density at radius 2 is 1.95 bits per heavy atom. The second-order valence-electron chi connectivity index (χ2n) is 4.13. The summed E-state index contributed by atoms with van der Waals surface area (Å²) < 4.78 is 16.2. The molecule has 0 aliphatic carbocycles. The third-order valence-electron chi connectivity index (χ3n) is 2.89. The predicted molar refractivity (Wildman–Crippen MR) is 77.9 cm³/mol. The molecular weight excluding hydrogens is 266 g/mol. The van der Waals surface area contributed by atoms with Crippen molar-refractivity contribution < 1.29 is 14.2 Å². The van der Waals surface area contributed by atoms with Gasteiger partial charge in [-0.15, -0.1) is 12.4 Å². The first kappa shape index (κ1) is 15.7. The molecular formula is C14H20ClNO3. The van der Waals surface area contributed by atoms with Crippen molar-refractivity contribution in [2.45, 2.75) is 6.42 Å². The van der Waals surface area contributed by atoms with E-state index >= 15 is 0 Å². The molecule has 1 N–H and O–H groups in total. The molecule has 0 amide bonds. The molecule has 19 heavy (non-hydrogen) atoms. The summed E-state index contributed by atoms with van der Waals surface area (Å²) in [5, 5.41) is 3.32. The quantitative estimate of drug-likeness (QED) is 0.844. The maximum absolute atomic E-state index is 5.74. The summed E-state index contributed by atoms with van der Waals surface area (Å²) in [5.41, 5.74) is 1.29. The van der Waals surface area contributed by atoms with Crippen molar-refractivity contribution in [1.82, 2.24) is 5.32 Å². The van der Waals surface area contributed by atoms with E-state index in [1.165, 1.54) is 5.57 Å². The van der Waals surface area contributed by atoms with Gasteiger partial charge in [-0.05, 0) is 30.7 Å². The van der Waals surface area contributed by atoms with Crippen molar-refractivity contribution >= 4 is 12.4 Å². The number of halogens is 1. The summed E-state index contributed by atoms with van der Waals surface area (Å²) in [5.74, 6) is 2.19. The van der Waals surface area contributed by atoms with Gasteiger partial charge in [0.05, 0.1) is 14.2 Å². The molecule has 0 atom stereocenters. The van der Waals surface area contributed by atoms with E-state index in [9.17, 15) is 0 Å². The molecule has 1 aromatic rings. The van der Waals surface area contributed by atoms with Crippen LogP contribution in [0.4, 0.5) is 0 Å². The Balaban J connectivity index is 0.00000180. The highest BCUT2D eigenvalue weighted by atomic mass is 35.5. The van der Waals surface area contributed by atoms with Gasteiger partial charge in [0.2, 0.25) is 0 Å². The number of methoxy groups -OCH3 is 2. The Kier molecular flexibility index (Phi) is 6.53. The van der Waals surface area contributed by atoms with Crippen LogP contribution < -0.4 is 19.5 Å². The van der Waals surface area contributed by atoms with Crippen LogP contribution in [-0.2, 0) is 0 Å². The molecule has 0 saturated heterocycles. The summed E-state index contributed by atoms with van der Waals surface area (Å²) in [7, 11) is 3.24. The number of hydrogen-bond donors (Lipinski definition) is 1. The van der Waals surface area contributed by atoms with Crippen LogP contribution in [0.15, 0.2) is 29.8 Å². The molecule has 1 aliphatic rings. The third kappa shape index (κ3) is 4.33. The fourth-order valence-corrected chi connectivity index (χ4v) is 1.89. The van der Waals surface area contributed by atoms with Gasteiger partial charge >= 0.3 is 0 Å². The number of ether oxygens (including phenoxy) is 3. The maximum atomic E-state index is 5.74. The van der Waals surface area contributed by atoms with E-state index in [1.54, 1.807) is 14.2 Å². The fraction of sp³-hybridized carbons (Fsp3) is 0.429. The molecule has 1 heterocycles. The van der Waals surface area contributed by atoms with Crippen molar-refractivity contribution in [2.75, 3.05) is 33.9 Å². The second-order valence-corrected chi connectivity index (χ2v) is 4.13. The highest BCUT2D eigenvalue weighted by Gasteiger charge is 2.07. The Hall–Kier alpha value is -1.39. The van der Waals surface area contributed by atoms with Crippen molar-refractivity contribution in [1.29, 1.82) is 0 Å². The van der Waals surface area contributed by atoms with Gasteiger partial charge in [0.1, 0.15) is 12.4 Å². The van der Waals surface area contributed by atoms with Gasteiger partial charge in [0.15, 0.2) is 11.5 Å². The lowest BCUT2D eigenvalue weighted by atomic mass is 10.2. The molecule has 0 saturated carbocycles. The molecule has 0 unspecified atom stereocenters. The maximum Gasteiger partial charge on any atom is 0.164 e. The van der Waals surface area contributed by atoms with E-state index in [0.717, 1.165) is 25.3 Å². The molecule has 0 bridgehead atoms. The fourth-order valence-electron chi connectivity index (χ4n) is 1.89. The van der Waals surface area contributed by atoms with Crippen LogP contribution in [0.3, 0.4) is 0 Å². The summed E-state index contributed by atoms with van der Waals surface area (Å²) in [4.78, 5) is 0. The molecule has 5 heteroatoms. The Labute approximate surface area is 120 Å². The van der Waals surface area contributed by atoms with E-state index in [-0.39, 0.29) is 12.4 Å². The average Bonchev–Trinajstić information content (AvgIpc) is 2.45. The van der Waals surface area contributed by atoms with Crippen LogP contribution in [0, 0.1) is 0 Å². The van der Waals surface area contributed by atoms with Crippen LogP contribution in [0.25, 0.3) is 0 Å².